The molecule has 2 rings (SSSR count). The third kappa shape index (κ3) is 5.30. The Hall–Kier alpha value is -1.10. The third-order valence-electron chi connectivity index (χ3n) is 4.46. The standard InChI is InChI=1S/C16H28N2O3/c1-2-21-16(20)13-7-6-10-18(11-13)12-15(19)17-14-8-4-3-5-9-14/h13-14H,2-12H2,1H3,(H,17,19). The number of nitrogens with zero attached hydrogens (tertiary/aromatic N) is 1. The van der Waals surface area contributed by atoms with E-state index in [9.17, 15) is 9.59 Å². The summed E-state index contributed by atoms with van der Waals surface area (Å²) < 4.78 is 5.09. The van der Waals surface area contributed by atoms with Crippen molar-refractivity contribution in [3.8, 4) is 0 Å². The van der Waals surface area contributed by atoms with Gasteiger partial charge in [-0.2, -0.15) is 0 Å². The Kier molecular flexibility index (Phi) is 6.49. The average Bonchev–Trinajstić information content (AvgIpc) is 2.48. The summed E-state index contributed by atoms with van der Waals surface area (Å²) in [6.45, 7) is 4.21. The van der Waals surface area contributed by atoms with Gasteiger partial charge in [0.05, 0.1) is 19.1 Å². The van der Waals surface area contributed by atoms with E-state index in [2.05, 4.69) is 10.2 Å². The van der Waals surface area contributed by atoms with E-state index in [1.54, 1.807) is 0 Å². The number of esters is 1. The fourth-order valence-electron chi connectivity index (χ4n) is 3.37. The van der Waals surface area contributed by atoms with Gasteiger partial charge in [-0.3, -0.25) is 14.5 Å². The predicted octanol–water partition coefficient (Wildman–Crippen LogP) is 1.71. The van der Waals surface area contributed by atoms with Crippen LogP contribution < -0.4 is 5.32 Å². The lowest BCUT2D eigenvalue weighted by Crippen LogP contribution is -2.47. The van der Waals surface area contributed by atoms with Gasteiger partial charge in [-0.1, -0.05) is 19.3 Å². The first kappa shape index (κ1) is 16.3. The molecular weight excluding hydrogens is 268 g/mol. The molecule has 0 spiro atoms. The summed E-state index contributed by atoms with van der Waals surface area (Å²) in [7, 11) is 0. The summed E-state index contributed by atoms with van der Waals surface area (Å²) in [6.07, 6.45) is 7.78. The molecule has 120 valence electrons. The van der Waals surface area contributed by atoms with Crippen molar-refractivity contribution < 1.29 is 14.3 Å². The van der Waals surface area contributed by atoms with Crippen LogP contribution in [0.1, 0.15) is 51.9 Å². The van der Waals surface area contributed by atoms with Gasteiger partial charge in [0.25, 0.3) is 0 Å². The van der Waals surface area contributed by atoms with Gasteiger partial charge in [0.15, 0.2) is 0 Å². The molecule has 1 N–H and O–H groups in total. The predicted molar refractivity (Wildman–Crippen MR) is 80.8 cm³/mol. The Morgan fingerprint density at radius 2 is 1.90 bits per heavy atom. The molecule has 1 atom stereocenters. The Labute approximate surface area is 127 Å². The molecule has 1 aliphatic heterocycles. The van der Waals surface area contributed by atoms with Gasteiger partial charge in [-0.15, -0.1) is 0 Å². The highest BCUT2D eigenvalue weighted by atomic mass is 16.5. The number of ether oxygens (including phenoxy) is 1. The van der Waals surface area contributed by atoms with Gasteiger partial charge >= 0.3 is 5.97 Å². The highest BCUT2D eigenvalue weighted by Gasteiger charge is 2.28. The molecular formula is C16H28N2O3. The summed E-state index contributed by atoms with van der Waals surface area (Å²) >= 11 is 0. The van der Waals surface area contributed by atoms with Gasteiger partial charge in [-0.25, -0.2) is 0 Å². The topological polar surface area (TPSA) is 58.6 Å². The van der Waals surface area contributed by atoms with Crippen molar-refractivity contribution in [3.63, 3.8) is 0 Å². The van der Waals surface area contributed by atoms with E-state index in [-0.39, 0.29) is 17.8 Å². The second-order valence-corrected chi connectivity index (χ2v) is 6.23. The fraction of sp³-hybridized carbons (Fsp3) is 0.875. The molecule has 1 unspecified atom stereocenters. The number of nitrogens with one attached hydrogen (secondary N) is 1. The molecule has 5 nitrogen and oxygen atoms in total. The lowest BCUT2D eigenvalue weighted by molar-refractivity contribution is -0.150. The molecule has 1 heterocycles. The number of amides is 1. The van der Waals surface area contributed by atoms with E-state index in [0.717, 1.165) is 32.2 Å². The first-order chi connectivity index (χ1) is 10.2. The van der Waals surface area contributed by atoms with E-state index in [4.69, 9.17) is 4.74 Å². The van der Waals surface area contributed by atoms with E-state index in [1.165, 1.54) is 19.3 Å². The molecule has 21 heavy (non-hydrogen) atoms. The normalized spacial score (nSPS) is 24.5. The van der Waals surface area contributed by atoms with Crippen LogP contribution in [0.25, 0.3) is 0 Å². The van der Waals surface area contributed by atoms with Crippen LogP contribution in [0.2, 0.25) is 0 Å². The second-order valence-electron chi connectivity index (χ2n) is 6.23. The van der Waals surface area contributed by atoms with E-state index in [1.807, 2.05) is 6.92 Å². The Bertz CT molecular complexity index is 353. The molecule has 0 aromatic rings. The molecule has 1 saturated carbocycles. The summed E-state index contributed by atoms with van der Waals surface area (Å²) in [5.74, 6) is -0.0810. The van der Waals surface area contributed by atoms with Crippen molar-refractivity contribution in [1.82, 2.24) is 10.2 Å². The summed E-state index contributed by atoms with van der Waals surface area (Å²) in [5.41, 5.74) is 0. The van der Waals surface area contributed by atoms with Crippen molar-refractivity contribution in [2.75, 3.05) is 26.2 Å². The zero-order chi connectivity index (χ0) is 15.1. The van der Waals surface area contributed by atoms with Gasteiger partial charge in [0, 0.05) is 12.6 Å². The number of carbonyl (C=O) groups excluding carboxylic acids is 2. The SMILES string of the molecule is CCOC(=O)C1CCCN(CC(=O)NC2CCCCC2)C1. The number of likely N-dealkylation sites (tertiary alicyclic amines) is 1. The average molecular weight is 296 g/mol. The molecule has 1 aliphatic carbocycles. The number of hydrogen-bond acceptors (Lipinski definition) is 4. The maximum Gasteiger partial charge on any atom is 0.310 e. The Morgan fingerprint density at radius 1 is 1.14 bits per heavy atom. The first-order valence-corrected chi connectivity index (χ1v) is 8.37. The zero-order valence-corrected chi connectivity index (χ0v) is 13.1. The smallest absolute Gasteiger partial charge is 0.310 e. The minimum atomic E-state index is -0.116. The maximum absolute atomic E-state index is 12.1. The monoisotopic (exact) mass is 296 g/mol. The van der Waals surface area contributed by atoms with Gasteiger partial charge in [0.1, 0.15) is 0 Å². The lowest BCUT2D eigenvalue weighted by atomic mass is 9.95. The van der Waals surface area contributed by atoms with Crippen LogP contribution in [0.3, 0.4) is 0 Å². The fourth-order valence-corrected chi connectivity index (χ4v) is 3.37. The highest BCUT2D eigenvalue weighted by Crippen LogP contribution is 2.19. The Balaban J connectivity index is 1.73. The summed E-state index contributed by atoms with van der Waals surface area (Å²) in [4.78, 5) is 26.0. The van der Waals surface area contributed by atoms with Gasteiger partial charge < -0.3 is 10.1 Å². The highest BCUT2D eigenvalue weighted by molar-refractivity contribution is 5.78. The van der Waals surface area contributed by atoms with E-state index >= 15 is 0 Å². The van der Waals surface area contributed by atoms with Crippen molar-refractivity contribution in [3.05, 3.63) is 0 Å². The minimum absolute atomic E-state index is 0.0684. The number of piperidine rings is 1. The van der Waals surface area contributed by atoms with Crippen LogP contribution >= 0.6 is 0 Å². The van der Waals surface area contributed by atoms with Crippen LogP contribution in [-0.4, -0.2) is 49.1 Å². The summed E-state index contributed by atoms with van der Waals surface area (Å²) in [6, 6.07) is 0.358. The third-order valence-corrected chi connectivity index (χ3v) is 4.46. The molecule has 1 saturated heterocycles. The lowest BCUT2D eigenvalue weighted by Gasteiger charge is -2.31. The Morgan fingerprint density at radius 3 is 2.62 bits per heavy atom. The molecule has 1 amide bonds. The largest absolute Gasteiger partial charge is 0.466 e. The van der Waals surface area contributed by atoms with Gasteiger partial charge in [0.2, 0.25) is 5.91 Å². The van der Waals surface area contributed by atoms with Crippen LogP contribution in [0.15, 0.2) is 0 Å². The van der Waals surface area contributed by atoms with Crippen molar-refractivity contribution >= 4 is 11.9 Å². The molecule has 0 aromatic carbocycles. The van der Waals surface area contributed by atoms with E-state index < -0.39 is 0 Å². The van der Waals surface area contributed by atoms with Crippen molar-refractivity contribution in [1.29, 1.82) is 0 Å². The van der Waals surface area contributed by atoms with Crippen LogP contribution in [0, 0.1) is 5.92 Å². The quantitative estimate of drug-likeness (QED) is 0.785. The van der Waals surface area contributed by atoms with Crippen LogP contribution in [0.5, 0.6) is 0 Å². The van der Waals surface area contributed by atoms with Crippen LogP contribution in [0.4, 0.5) is 0 Å². The number of carbonyl (C=O) groups is 2. The minimum Gasteiger partial charge on any atom is -0.466 e. The van der Waals surface area contributed by atoms with Crippen molar-refractivity contribution in [2.24, 2.45) is 5.92 Å². The molecule has 2 fully saturated rings. The number of hydrogen-bond donors (Lipinski definition) is 1. The van der Waals surface area contributed by atoms with Gasteiger partial charge in [-0.05, 0) is 39.2 Å². The zero-order valence-electron chi connectivity index (χ0n) is 13.1. The second kappa shape index (κ2) is 8.37. The van der Waals surface area contributed by atoms with Crippen LogP contribution in [-0.2, 0) is 14.3 Å². The molecule has 5 heteroatoms. The maximum atomic E-state index is 12.1. The molecule has 0 radical (unpaired) electrons. The van der Waals surface area contributed by atoms with E-state index in [0.29, 0.717) is 25.7 Å². The number of rotatable bonds is 5. The molecule has 0 bridgehead atoms. The summed E-state index contributed by atoms with van der Waals surface area (Å²) in [5, 5.41) is 3.14. The van der Waals surface area contributed by atoms with Crippen molar-refractivity contribution in [2.45, 2.75) is 57.9 Å². The molecule has 0 aromatic heterocycles. The molecule has 2 aliphatic rings. The first-order valence-electron chi connectivity index (χ1n) is 8.37.